The van der Waals surface area contributed by atoms with Crippen LogP contribution in [0.4, 0.5) is 4.39 Å². The number of aliphatic hydroxyl groups excluding tert-OH is 1. The Morgan fingerprint density at radius 3 is 2.23 bits per heavy atom. The molecule has 0 bridgehead atoms. The lowest BCUT2D eigenvalue weighted by molar-refractivity contribution is -0.218. The van der Waals surface area contributed by atoms with Gasteiger partial charge in [-0.1, -0.05) is 108 Å². The Morgan fingerprint density at radius 1 is 0.957 bits per heavy atom. The van der Waals surface area contributed by atoms with Gasteiger partial charge in [0.15, 0.2) is 17.2 Å². The van der Waals surface area contributed by atoms with Crippen LogP contribution in [-0.2, 0) is 37.5 Å². The van der Waals surface area contributed by atoms with Crippen LogP contribution < -0.4 is 0 Å². The molecule has 1 aromatic heterocycles. The third-order valence-electron chi connectivity index (χ3n) is 17.6. The highest BCUT2D eigenvalue weighted by Crippen LogP contribution is 2.70. The maximum Gasteiger partial charge on any atom is 0.312 e. The van der Waals surface area contributed by atoms with Crippen LogP contribution >= 0.6 is 11.6 Å². The Balaban J connectivity index is 0.000000158. The van der Waals surface area contributed by atoms with E-state index >= 15 is 4.39 Å². The lowest BCUT2D eigenvalue weighted by Crippen LogP contribution is -2.69. The molecule has 6 aliphatic rings. The summed E-state index contributed by atoms with van der Waals surface area (Å²) < 4.78 is 24.5. The van der Waals surface area contributed by atoms with Gasteiger partial charge in [-0.2, -0.15) is 0 Å². The topological polar surface area (TPSA) is 146 Å². The van der Waals surface area contributed by atoms with E-state index in [1.54, 1.807) is 37.3 Å². The molecule has 2 aromatic carbocycles. The maximum atomic E-state index is 16.9. The Labute approximate surface area is 419 Å². The predicted octanol–water partition coefficient (Wildman–Crippen LogP) is 10.1. The first-order valence-corrected chi connectivity index (χ1v) is 26.1. The van der Waals surface area contributed by atoms with Crippen molar-refractivity contribution in [3.8, 4) is 0 Å². The number of allylic oxidation sites excluding steroid dienone is 4. The van der Waals surface area contributed by atoms with E-state index in [1.165, 1.54) is 36.2 Å². The van der Waals surface area contributed by atoms with Gasteiger partial charge in [0.2, 0.25) is 5.78 Å². The normalized spacial score (nSPS) is 33.8. The molecule has 3 aromatic rings. The minimum Gasteiger partial charge on any atom is -0.481 e. The minimum absolute atomic E-state index is 0.0151. The Hall–Kier alpha value is -4.26. The third-order valence-corrected chi connectivity index (χ3v) is 17.9. The summed E-state index contributed by atoms with van der Waals surface area (Å²) in [6, 6.07) is 21.8. The Bertz CT molecular complexity index is 2460. The van der Waals surface area contributed by atoms with Gasteiger partial charge < -0.3 is 24.6 Å². The van der Waals surface area contributed by atoms with E-state index in [9.17, 15) is 29.4 Å². The second-order valence-electron chi connectivity index (χ2n) is 22.6. The molecule has 380 valence electrons. The molecule has 3 N–H and O–H groups in total. The summed E-state index contributed by atoms with van der Waals surface area (Å²) in [5.74, 6) is -2.73. The Morgan fingerprint density at radius 2 is 1.61 bits per heavy atom. The molecule has 12 atom stereocenters. The van der Waals surface area contributed by atoms with E-state index in [0.29, 0.717) is 61.6 Å². The lowest BCUT2D eigenvalue weighted by atomic mass is 9.44. The third kappa shape index (κ3) is 9.71. The fraction of sp³-hybridized carbons (Fsp3) is 0.586. The van der Waals surface area contributed by atoms with Crippen LogP contribution in [0.2, 0.25) is 0 Å². The van der Waals surface area contributed by atoms with E-state index in [4.69, 9.17) is 21.4 Å². The van der Waals surface area contributed by atoms with Crippen molar-refractivity contribution in [3.05, 3.63) is 119 Å². The smallest absolute Gasteiger partial charge is 0.312 e. The number of carboxylic acid groups (broad SMARTS) is 1. The molecule has 70 heavy (non-hydrogen) atoms. The number of alkyl halides is 2. The summed E-state index contributed by atoms with van der Waals surface area (Å²) in [7, 11) is 0. The number of morpholine rings is 1. The zero-order valence-electron chi connectivity index (χ0n) is 42.7. The van der Waals surface area contributed by atoms with Crippen LogP contribution in [0.15, 0.2) is 90.5 Å². The fourth-order valence-electron chi connectivity index (χ4n) is 13.5. The number of hydrogen-bond donors (Lipinski definition) is 3. The monoisotopic (exact) mass is 983 g/mol. The summed E-state index contributed by atoms with van der Waals surface area (Å²) >= 11 is 5.81. The number of carbonyl (C=O) groups is 4. The molecular weight excluding hydrogens is 907 g/mol. The number of nitrogens with zero attached hydrogens (tertiary/aromatic N) is 2. The molecular formula is C58H76ClFN2O8. The summed E-state index contributed by atoms with van der Waals surface area (Å²) in [6.45, 7) is 22.9. The number of rotatable bonds is 11. The van der Waals surface area contributed by atoms with Gasteiger partial charge in [0.25, 0.3) is 0 Å². The molecule has 10 nitrogen and oxygen atoms in total. The van der Waals surface area contributed by atoms with Crippen LogP contribution in [0.1, 0.15) is 140 Å². The van der Waals surface area contributed by atoms with Crippen LogP contribution in [-0.4, -0.2) is 103 Å². The van der Waals surface area contributed by atoms with Crippen LogP contribution in [0.3, 0.4) is 0 Å². The number of aromatic nitrogens is 1. The number of aliphatic hydroxyl groups is 2. The molecule has 0 radical (unpaired) electrons. The molecule has 0 amide bonds. The molecule has 3 heterocycles. The molecule has 3 saturated carbocycles. The molecule has 4 fully saturated rings. The van der Waals surface area contributed by atoms with Crippen molar-refractivity contribution in [1.29, 1.82) is 0 Å². The summed E-state index contributed by atoms with van der Waals surface area (Å²) in [5.41, 5.74) is 0.220. The number of aliphatic carboxylic acids is 1. The first-order chi connectivity index (χ1) is 32.9. The quantitative estimate of drug-likeness (QED) is 0.126. The molecule has 12 heteroatoms. The number of Topliss-reactive ketones (excluding diaryl/α,β-unsaturated/α-hetero) is 1. The van der Waals surface area contributed by atoms with Crippen molar-refractivity contribution in [3.63, 3.8) is 0 Å². The number of ketones is 3. The van der Waals surface area contributed by atoms with Gasteiger partial charge in [-0.3, -0.25) is 24.1 Å². The SMILES string of the molecule is CCC(C)(C)c1ccc(CC(C)CN2C[C@@H](C)O[C@@H](C)C2)cc1.C[C@H]1C[C@H]2[C@@H]3CCC4=CC(=O)C=C[C@]4(C)[C@@]3(F)[C@@H](O)C[C@]2(C)[C@@]1(O)C(=O)CCl.O=C(c1ccccc1)c1ccc2n1CCC2C(=O)O. The van der Waals surface area contributed by atoms with Crippen molar-refractivity contribution in [2.24, 2.45) is 34.5 Å². The van der Waals surface area contributed by atoms with Crippen LogP contribution in [0.25, 0.3) is 0 Å². The number of fused-ring (bicyclic) bond motifs is 6. The highest BCUT2D eigenvalue weighted by Gasteiger charge is 2.75. The summed E-state index contributed by atoms with van der Waals surface area (Å²) in [4.78, 5) is 50.6. The molecule has 2 unspecified atom stereocenters. The van der Waals surface area contributed by atoms with Gasteiger partial charge in [0.1, 0.15) is 5.60 Å². The van der Waals surface area contributed by atoms with Crippen molar-refractivity contribution >= 4 is 34.9 Å². The number of carboxylic acids is 1. The largest absolute Gasteiger partial charge is 0.481 e. The highest BCUT2D eigenvalue weighted by molar-refractivity contribution is 6.29. The second kappa shape index (κ2) is 20.7. The number of carbonyl (C=O) groups excluding carboxylic acids is 3. The average molecular weight is 984 g/mol. The molecule has 4 aliphatic carbocycles. The van der Waals surface area contributed by atoms with E-state index in [0.717, 1.165) is 30.8 Å². The van der Waals surface area contributed by atoms with Crippen molar-refractivity contribution in [1.82, 2.24) is 9.47 Å². The standard InChI is InChI=1S/C22H28ClFO4.C21H35NO.C15H13NO3/c1-12-8-16-15-5-4-13-9-14(25)6-7-19(13,2)21(15,24)17(26)10-20(16,3)22(12,28)18(27)11-23;1-7-21(5,6)20-10-8-19(9-11-20)12-16(2)13-22-14-17(3)23-18(4)15-22;17-14(10-4-2-1-3-5-10)13-7-6-12-11(15(18)19)8-9-16(12)13/h6-7,9,12,15-17,26,28H,4-5,8,10-11H2,1-3H3;8-11,16-18H,7,12-15H2,1-6H3;1-7,11H,8-9H2,(H,18,19)/t12-,15-,16-,17-,19-,20-,21-,22-;16?,17-,18+;/m0../s1. The van der Waals surface area contributed by atoms with Crippen molar-refractivity contribution in [2.45, 2.75) is 155 Å². The summed E-state index contributed by atoms with van der Waals surface area (Å²) in [6.07, 6.45) is 8.30. The highest BCUT2D eigenvalue weighted by atomic mass is 35.5. The van der Waals surface area contributed by atoms with E-state index in [2.05, 4.69) is 70.7 Å². The van der Waals surface area contributed by atoms with Crippen molar-refractivity contribution < 1.29 is 43.6 Å². The zero-order chi connectivity index (χ0) is 51.1. The fourth-order valence-corrected chi connectivity index (χ4v) is 13.7. The van der Waals surface area contributed by atoms with E-state index in [-0.39, 0.29) is 41.1 Å². The van der Waals surface area contributed by atoms with E-state index < -0.39 is 51.8 Å². The van der Waals surface area contributed by atoms with Crippen molar-refractivity contribution in [2.75, 3.05) is 25.5 Å². The second-order valence-corrected chi connectivity index (χ2v) is 22.9. The number of hydrogen-bond acceptors (Lipinski definition) is 8. The van der Waals surface area contributed by atoms with Gasteiger partial charge >= 0.3 is 5.97 Å². The molecule has 0 spiro atoms. The van der Waals surface area contributed by atoms with Gasteiger partial charge in [0, 0.05) is 54.2 Å². The zero-order valence-corrected chi connectivity index (χ0v) is 43.5. The van der Waals surface area contributed by atoms with Crippen LogP contribution in [0.5, 0.6) is 0 Å². The van der Waals surface area contributed by atoms with Gasteiger partial charge in [-0.25, -0.2) is 4.39 Å². The van der Waals surface area contributed by atoms with Gasteiger partial charge in [-0.05, 0) is 124 Å². The number of ether oxygens (including phenoxy) is 1. The Kier molecular flexibility index (Phi) is 15.8. The summed E-state index contributed by atoms with van der Waals surface area (Å²) in [5, 5.41) is 31.7. The first kappa shape index (κ1) is 53.5. The van der Waals surface area contributed by atoms with Crippen LogP contribution in [0, 0.1) is 34.5 Å². The minimum atomic E-state index is -1.95. The number of benzene rings is 2. The first-order valence-electron chi connectivity index (χ1n) is 25.6. The maximum absolute atomic E-state index is 16.9. The lowest BCUT2D eigenvalue weighted by Gasteiger charge is -2.62. The predicted molar refractivity (Wildman–Crippen MR) is 272 cm³/mol. The number of halogens is 2. The molecule has 2 aliphatic heterocycles. The molecule has 9 rings (SSSR count). The van der Waals surface area contributed by atoms with E-state index in [1.807, 2.05) is 36.6 Å². The van der Waals surface area contributed by atoms with Gasteiger partial charge in [-0.15, -0.1) is 11.6 Å². The average Bonchev–Trinajstić information content (AvgIpc) is 3.99. The molecule has 1 saturated heterocycles. The van der Waals surface area contributed by atoms with Gasteiger partial charge in [0.05, 0.1) is 35.8 Å².